The van der Waals surface area contributed by atoms with Crippen LogP contribution >= 0.6 is 0 Å². The van der Waals surface area contributed by atoms with Crippen LogP contribution in [0.25, 0.3) is 0 Å². The number of hydrogen-bond donors (Lipinski definition) is 1. The molecule has 6 nitrogen and oxygen atoms in total. The molecule has 6 heteroatoms. The SMILES string of the molecule is COc1ccc(CNCc2ccc([N+](=O)[O-])o2)cc1. The number of hydrogen-bond acceptors (Lipinski definition) is 5. The van der Waals surface area contributed by atoms with E-state index in [0.717, 1.165) is 11.3 Å². The van der Waals surface area contributed by atoms with Crippen molar-refractivity contribution in [2.45, 2.75) is 13.1 Å². The third kappa shape index (κ3) is 3.56. The lowest BCUT2D eigenvalue weighted by atomic mass is 10.2. The van der Waals surface area contributed by atoms with E-state index in [-0.39, 0.29) is 5.88 Å². The third-order valence-electron chi connectivity index (χ3n) is 2.61. The smallest absolute Gasteiger partial charge is 0.433 e. The summed E-state index contributed by atoms with van der Waals surface area (Å²) in [6.07, 6.45) is 0. The second-order valence-corrected chi connectivity index (χ2v) is 3.95. The summed E-state index contributed by atoms with van der Waals surface area (Å²) in [7, 11) is 1.62. The quantitative estimate of drug-likeness (QED) is 0.639. The molecule has 2 rings (SSSR count). The van der Waals surface area contributed by atoms with Crippen LogP contribution in [0.5, 0.6) is 5.75 Å². The number of benzene rings is 1. The molecule has 0 fully saturated rings. The molecule has 0 atom stereocenters. The Morgan fingerprint density at radius 3 is 2.53 bits per heavy atom. The summed E-state index contributed by atoms with van der Waals surface area (Å²) in [5, 5.41) is 13.6. The van der Waals surface area contributed by atoms with E-state index in [1.165, 1.54) is 6.07 Å². The Kier molecular flexibility index (Phi) is 4.15. The molecule has 0 aliphatic carbocycles. The van der Waals surface area contributed by atoms with Gasteiger partial charge in [-0.25, -0.2) is 0 Å². The van der Waals surface area contributed by atoms with Crippen molar-refractivity contribution in [3.8, 4) is 5.75 Å². The number of nitro groups is 1. The Bertz CT molecular complexity index is 548. The lowest BCUT2D eigenvalue weighted by Crippen LogP contribution is -2.11. The summed E-state index contributed by atoms with van der Waals surface area (Å²) in [6.45, 7) is 1.10. The molecule has 0 bridgehead atoms. The van der Waals surface area contributed by atoms with Gasteiger partial charge in [-0.15, -0.1) is 0 Å². The van der Waals surface area contributed by atoms with Crippen molar-refractivity contribution in [2.24, 2.45) is 0 Å². The van der Waals surface area contributed by atoms with Gasteiger partial charge in [0.15, 0.2) is 0 Å². The Hall–Kier alpha value is -2.34. The molecule has 0 radical (unpaired) electrons. The molecule has 1 aromatic carbocycles. The van der Waals surface area contributed by atoms with Crippen LogP contribution in [-0.4, -0.2) is 12.0 Å². The maximum atomic E-state index is 10.4. The highest BCUT2D eigenvalue weighted by molar-refractivity contribution is 5.27. The van der Waals surface area contributed by atoms with E-state index in [4.69, 9.17) is 9.15 Å². The fourth-order valence-corrected chi connectivity index (χ4v) is 1.63. The molecule has 2 aromatic rings. The summed E-state index contributed by atoms with van der Waals surface area (Å²) >= 11 is 0. The van der Waals surface area contributed by atoms with Gasteiger partial charge in [0.2, 0.25) is 0 Å². The number of nitrogens with one attached hydrogen (secondary N) is 1. The largest absolute Gasteiger partial charge is 0.497 e. The van der Waals surface area contributed by atoms with Gasteiger partial charge in [-0.1, -0.05) is 12.1 Å². The van der Waals surface area contributed by atoms with Crippen molar-refractivity contribution in [1.29, 1.82) is 0 Å². The van der Waals surface area contributed by atoms with Crippen LogP contribution in [0.2, 0.25) is 0 Å². The van der Waals surface area contributed by atoms with Gasteiger partial charge in [-0.3, -0.25) is 10.1 Å². The number of methoxy groups -OCH3 is 1. The normalized spacial score (nSPS) is 10.4. The van der Waals surface area contributed by atoms with Crippen LogP contribution in [-0.2, 0) is 13.1 Å². The van der Waals surface area contributed by atoms with Gasteiger partial charge < -0.3 is 14.5 Å². The van der Waals surface area contributed by atoms with Crippen molar-refractivity contribution in [1.82, 2.24) is 5.32 Å². The molecular weight excluding hydrogens is 248 g/mol. The van der Waals surface area contributed by atoms with E-state index in [9.17, 15) is 10.1 Å². The zero-order valence-corrected chi connectivity index (χ0v) is 10.5. The van der Waals surface area contributed by atoms with Gasteiger partial charge in [0.1, 0.15) is 16.4 Å². The number of nitrogens with zero attached hydrogens (tertiary/aromatic N) is 1. The average Bonchev–Trinajstić information content (AvgIpc) is 2.89. The summed E-state index contributed by atoms with van der Waals surface area (Å²) in [5.41, 5.74) is 1.10. The summed E-state index contributed by atoms with van der Waals surface area (Å²) in [6, 6.07) is 10.6. The highest BCUT2D eigenvalue weighted by Crippen LogP contribution is 2.15. The van der Waals surface area contributed by atoms with Crippen molar-refractivity contribution >= 4 is 5.88 Å². The lowest BCUT2D eigenvalue weighted by molar-refractivity contribution is -0.402. The molecule has 1 aromatic heterocycles. The summed E-state index contributed by atoms with van der Waals surface area (Å²) in [4.78, 5) is 9.90. The van der Waals surface area contributed by atoms with Gasteiger partial charge in [-0.2, -0.15) is 0 Å². The second-order valence-electron chi connectivity index (χ2n) is 3.95. The van der Waals surface area contributed by atoms with Gasteiger partial charge in [0, 0.05) is 6.54 Å². The van der Waals surface area contributed by atoms with Gasteiger partial charge in [0.25, 0.3) is 0 Å². The van der Waals surface area contributed by atoms with Crippen molar-refractivity contribution in [3.05, 3.63) is 57.8 Å². The molecule has 100 valence electrons. The predicted molar refractivity (Wildman–Crippen MR) is 68.9 cm³/mol. The molecule has 0 aliphatic rings. The molecule has 1 heterocycles. The van der Waals surface area contributed by atoms with Gasteiger partial charge in [-0.05, 0) is 23.8 Å². The Balaban J connectivity index is 1.83. The minimum atomic E-state index is -0.549. The topological polar surface area (TPSA) is 77.5 Å². The fourth-order valence-electron chi connectivity index (χ4n) is 1.63. The van der Waals surface area contributed by atoms with Gasteiger partial charge >= 0.3 is 5.88 Å². The maximum Gasteiger partial charge on any atom is 0.433 e. The Labute approximate surface area is 110 Å². The number of furan rings is 1. The predicted octanol–water partition coefficient (Wildman–Crippen LogP) is 2.49. The monoisotopic (exact) mass is 262 g/mol. The first kappa shape index (κ1) is 13.1. The zero-order valence-electron chi connectivity index (χ0n) is 10.5. The molecule has 0 spiro atoms. The third-order valence-corrected chi connectivity index (χ3v) is 2.61. The zero-order chi connectivity index (χ0) is 13.7. The molecule has 19 heavy (non-hydrogen) atoms. The minimum Gasteiger partial charge on any atom is -0.497 e. The molecular formula is C13H14N2O4. The van der Waals surface area contributed by atoms with Gasteiger partial charge in [0.05, 0.1) is 19.7 Å². The van der Waals surface area contributed by atoms with E-state index in [2.05, 4.69) is 5.32 Å². The number of ether oxygens (including phenoxy) is 1. The molecule has 1 N–H and O–H groups in total. The van der Waals surface area contributed by atoms with E-state index in [1.807, 2.05) is 24.3 Å². The van der Waals surface area contributed by atoms with E-state index < -0.39 is 4.92 Å². The van der Waals surface area contributed by atoms with E-state index in [0.29, 0.717) is 18.8 Å². The average molecular weight is 262 g/mol. The Morgan fingerprint density at radius 2 is 1.95 bits per heavy atom. The molecule has 0 saturated carbocycles. The highest BCUT2D eigenvalue weighted by Gasteiger charge is 2.11. The van der Waals surface area contributed by atoms with E-state index >= 15 is 0 Å². The first-order valence-corrected chi connectivity index (χ1v) is 5.76. The molecule has 0 amide bonds. The lowest BCUT2D eigenvalue weighted by Gasteiger charge is -2.04. The van der Waals surface area contributed by atoms with Crippen LogP contribution in [0.15, 0.2) is 40.8 Å². The number of rotatable bonds is 6. The van der Waals surface area contributed by atoms with Crippen LogP contribution in [0.1, 0.15) is 11.3 Å². The minimum absolute atomic E-state index is 0.235. The van der Waals surface area contributed by atoms with Crippen molar-refractivity contribution in [3.63, 3.8) is 0 Å². The molecule has 0 saturated heterocycles. The Morgan fingerprint density at radius 1 is 1.21 bits per heavy atom. The summed E-state index contributed by atoms with van der Waals surface area (Å²) < 4.78 is 10.1. The molecule has 0 unspecified atom stereocenters. The summed E-state index contributed by atoms with van der Waals surface area (Å²) in [5.74, 6) is 1.12. The highest BCUT2D eigenvalue weighted by atomic mass is 16.6. The van der Waals surface area contributed by atoms with Crippen molar-refractivity contribution in [2.75, 3.05) is 7.11 Å². The molecule has 0 aliphatic heterocycles. The van der Waals surface area contributed by atoms with E-state index in [1.54, 1.807) is 13.2 Å². The standard InChI is InChI=1S/C13H14N2O4/c1-18-11-4-2-10(3-5-11)8-14-9-12-6-7-13(19-12)15(16)17/h2-7,14H,8-9H2,1H3. The van der Waals surface area contributed by atoms with Crippen LogP contribution in [0, 0.1) is 10.1 Å². The maximum absolute atomic E-state index is 10.4. The van der Waals surface area contributed by atoms with Crippen LogP contribution in [0.4, 0.5) is 5.88 Å². The fraction of sp³-hybridized carbons (Fsp3) is 0.231. The second kappa shape index (κ2) is 6.01. The van der Waals surface area contributed by atoms with Crippen molar-refractivity contribution < 1.29 is 14.1 Å². The van der Waals surface area contributed by atoms with Crippen LogP contribution < -0.4 is 10.1 Å². The van der Waals surface area contributed by atoms with Crippen LogP contribution in [0.3, 0.4) is 0 Å². The first-order valence-electron chi connectivity index (χ1n) is 5.76. The first-order chi connectivity index (χ1) is 9.19.